The Morgan fingerprint density at radius 3 is 2.78 bits per heavy atom. The van der Waals surface area contributed by atoms with E-state index in [2.05, 4.69) is 41.7 Å². The zero-order valence-electron chi connectivity index (χ0n) is 11.1. The van der Waals surface area contributed by atoms with Crippen molar-refractivity contribution in [3.63, 3.8) is 0 Å². The van der Waals surface area contributed by atoms with E-state index in [9.17, 15) is 0 Å². The summed E-state index contributed by atoms with van der Waals surface area (Å²) in [6.07, 6.45) is 4.50. The van der Waals surface area contributed by atoms with E-state index < -0.39 is 0 Å². The molecule has 2 aromatic heterocycles. The second-order valence-corrected chi connectivity index (χ2v) is 5.22. The fourth-order valence-electron chi connectivity index (χ4n) is 2.69. The van der Waals surface area contributed by atoms with E-state index in [-0.39, 0.29) is 12.2 Å². The third-order valence-electron chi connectivity index (χ3n) is 3.51. The number of aromatic amines is 1. The topological polar surface area (TPSA) is 41.2 Å². The minimum Gasteiger partial charge on any atom is -0.372 e. The van der Waals surface area contributed by atoms with Gasteiger partial charge >= 0.3 is 0 Å². The molecule has 0 spiro atoms. The van der Waals surface area contributed by atoms with Crippen molar-refractivity contribution in [2.75, 3.05) is 18.0 Å². The highest BCUT2D eigenvalue weighted by Crippen LogP contribution is 2.24. The molecule has 4 nitrogen and oxygen atoms in total. The van der Waals surface area contributed by atoms with Crippen LogP contribution in [0.4, 0.5) is 5.69 Å². The predicted molar refractivity (Wildman–Crippen MR) is 73.1 cm³/mol. The summed E-state index contributed by atoms with van der Waals surface area (Å²) in [6.45, 7) is 8.21. The van der Waals surface area contributed by atoms with Gasteiger partial charge < -0.3 is 14.6 Å². The van der Waals surface area contributed by atoms with Crippen molar-refractivity contribution in [3.05, 3.63) is 24.0 Å². The molecule has 2 aromatic rings. The van der Waals surface area contributed by atoms with Crippen molar-refractivity contribution in [2.45, 2.75) is 33.0 Å². The third-order valence-corrected chi connectivity index (χ3v) is 3.51. The van der Waals surface area contributed by atoms with Gasteiger partial charge in [-0.2, -0.15) is 0 Å². The first-order valence-corrected chi connectivity index (χ1v) is 6.47. The number of morpholine rings is 1. The van der Waals surface area contributed by atoms with Gasteiger partial charge in [0.05, 0.1) is 24.1 Å². The smallest absolute Gasteiger partial charge is 0.137 e. The minimum absolute atomic E-state index is 0.275. The number of ether oxygens (including phenoxy) is 1. The molecule has 3 heterocycles. The van der Waals surface area contributed by atoms with Gasteiger partial charge in [-0.1, -0.05) is 0 Å². The Bertz CT molecular complexity index is 553. The summed E-state index contributed by atoms with van der Waals surface area (Å²) in [7, 11) is 0. The number of nitrogens with one attached hydrogen (secondary N) is 1. The lowest BCUT2D eigenvalue weighted by Crippen LogP contribution is -2.45. The molecule has 4 heteroatoms. The van der Waals surface area contributed by atoms with Crippen LogP contribution in [-0.4, -0.2) is 35.3 Å². The molecule has 0 saturated carbocycles. The maximum atomic E-state index is 5.77. The molecule has 0 bridgehead atoms. The molecule has 0 aliphatic carbocycles. The van der Waals surface area contributed by atoms with Gasteiger partial charge in [0.1, 0.15) is 5.65 Å². The Hall–Kier alpha value is -1.55. The summed E-state index contributed by atoms with van der Waals surface area (Å²) in [5.74, 6) is 0. The van der Waals surface area contributed by atoms with Gasteiger partial charge in [0.15, 0.2) is 0 Å². The van der Waals surface area contributed by atoms with Gasteiger partial charge in [-0.3, -0.25) is 0 Å². The van der Waals surface area contributed by atoms with Gasteiger partial charge in [-0.05, 0) is 32.4 Å². The molecular weight excluding hydrogens is 226 g/mol. The number of aromatic nitrogens is 2. The molecule has 2 atom stereocenters. The minimum atomic E-state index is 0.275. The molecule has 0 amide bonds. The zero-order valence-corrected chi connectivity index (χ0v) is 11.1. The number of rotatable bonds is 1. The normalized spacial score (nSPS) is 24.7. The molecule has 3 rings (SSSR count). The SMILES string of the molecule is Cc1c[nH]c2ncc(N3CC(C)OC(C)C3)cc12. The van der Waals surface area contributed by atoms with Crippen LogP contribution >= 0.6 is 0 Å². The number of pyridine rings is 1. The third kappa shape index (κ3) is 1.97. The summed E-state index contributed by atoms with van der Waals surface area (Å²) in [5.41, 5.74) is 3.39. The first-order chi connectivity index (χ1) is 8.63. The van der Waals surface area contributed by atoms with Crippen LogP contribution < -0.4 is 4.90 Å². The van der Waals surface area contributed by atoms with Crippen molar-refractivity contribution in [2.24, 2.45) is 0 Å². The highest BCUT2D eigenvalue weighted by Gasteiger charge is 2.22. The molecule has 18 heavy (non-hydrogen) atoms. The lowest BCUT2D eigenvalue weighted by atomic mass is 10.2. The molecule has 1 aliphatic rings. The number of fused-ring (bicyclic) bond motifs is 1. The highest BCUT2D eigenvalue weighted by atomic mass is 16.5. The van der Waals surface area contributed by atoms with Gasteiger partial charge in [-0.15, -0.1) is 0 Å². The van der Waals surface area contributed by atoms with Crippen molar-refractivity contribution >= 4 is 16.7 Å². The summed E-state index contributed by atoms with van der Waals surface area (Å²) < 4.78 is 5.77. The fraction of sp³-hybridized carbons (Fsp3) is 0.500. The standard InChI is InChI=1S/C14H19N3O/c1-9-5-15-14-13(9)4-12(6-16-14)17-7-10(2)18-11(3)8-17/h4-6,10-11H,7-8H2,1-3H3,(H,15,16). The number of hydrogen-bond acceptors (Lipinski definition) is 3. The highest BCUT2D eigenvalue weighted by molar-refractivity contribution is 5.82. The molecule has 96 valence electrons. The largest absolute Gasteiger partial charge is 0.372 e. The predicted octanol–water partition coefficient (Wildman–Crippen LogP) is 2.48. The van der Waals surface area contributed by atoms with Gasteiger partial charge in [-0.25, -0.2) is 4.98 Å². The van der Waals surface area contributed by atoms with Gasteiger partial charge in [0.2, 0.25) is 0 Å². The Kier molecular flexibility index (Phi) is 2.74. The van der Waals surface area contributed by atoms with E-state index in [1.54, 1.807) is 0 Å². The Balaban J connectivity index is 1.95. The number of aryl methyl sites for hydroxylation is 1. The monoisotopic (exact) mass is 245 g/mol. The quantitative estimate of drug-likeness (QED) is 0.839. The number of nitrogens with zero attached hydrogens (tertiary/aromatic N) is 2. The first-order valence-electron chi connectivity index (χ1n) is 6.47. The second-order valence-electron chi connectivity index (χ2n) is 5.22. The summed E-state index contributed by atoms with van der Waals surface area (Å²) in [4.78, 5) is 10.0. The van der Waals surface area contributed by atoms with Crippen molar-refractivity contribution < 1.29 is 4.74 Å². The number of hydrogen-bond donors (Lipinski definition) is 1. The number of H-pyrrole nitrogens is 1. The maximum Gasteiger partial charge on any atom is 0.137 e. The molecule has 2 unspecified atom stereocenters. The first kappa shape index (κ1) is 11.5. The van der Waals surface area contributed by atoms with E-state index in [4.69, 9.17) is 4.74 Å². The van der Waals surface area contributed by atoms with Gasteiger partial charge in [0, 0.05) is 24.7 Å². The fourth-order valence-corrected chi connectivity index (χ4v) is 2.69. The van der Waals surface area contributed by atoms with E-state index in [0.29, 0.717) is 0 Å². The molecule has 1 fully saturated rings. The summed E-state index contributed by atoms with van der Waals surface area (Å²) in [6, 6.07) is 2.22. The molecule has 1 aliphatic heterocycles. The van der Waals surface area contributed by atoms with Crippen molar-refractivity contribution in [1.29, 1.82) is 0 Å². The summed E-state index contributed by atoms with van der Waals surface area (Å²) in [5, 5.41) is 1.21. The lowest BCUT2D eigenvalue weighted by Gasteiger charge is -2.36. The second kappa shape index (κ2) is 4.28. The van der Waals surface area contributed by atoms with Crippen LogP contribution in [0.3, 0.4) is 0 Å². The van der Waals surface area contributed by atoms with Gasteiger partial charge in [0.25, 0.3) is 0 Å². The average Bonchev–Trinajstić information content (AvgIpc) is 2.69. The van der Waals surface area contributed by atoms with E-state index >= 15 is 0 Å². The summed E-state index contributed by atoms with van der Waals surface area (Å²) >= 11 is 0. The lowest BCUT2D eigenvalue weighted by molar-refractivity contribution is -0.00522. The number of anilines is 1. The molecule has 1 saturated heterocycles. The Morgan fingerprint density at radius 1 is 1.33 bits per heavy atom. The molecule has 0 aromatic carbocycles. The van der Waals surface area contributed by atoms with Crippen LogP contribution in [0, 0.1) is 6.92 Å². The van der Waals surface area contributed by atoms with Crippen LogP contribution in [0.5, 0.6) is 0 Å². The van der Waals surface area contributed by atoms with Crippen molar-refractivity contribution in [1.82, 2.24) is 9.97 Å². The maximum absolute atomic E-state index is 5.77. The molecule has 1 N–H and O–H groups in total. The van der Waals surface area contributed by atoms with Crippen LogP contribution in [0.1, 0.15) is 19.4 Å². The van der Waals surface area contributed by atoms with E-state index in [0.717, 1.165) is 18.7 Å². The van der Waals surface area contributed by atoms with Crippen LogP contribution in [0.25, 0.3) is 11.0 Å². The zero-order chi connectivity index (χ0) is 12.7. The van der Waals surface area contributed by atoms with Crippen molar-refractivity contribution in [3.8, 4) is 0 Å². The average molecular weight is 245 g/mol. The van der Waals surface area contributed by atoms with Crippen LogP contribution in [0.15, 0.2) is 18.5 Å². The van der Waals surface area contributed by atoms with E-state index in [1.807, 2.05) is 12.4 Å². The van der Waals surface area contributed by atoms with E-state index in [1.165, 1.54) is 16.6 Å². The van der Waals surface area contributed by atoms with Crippen LogP contribution in [0.2, 0.25) is 0 Å². The Labute approximate surface area is 107 Å². The molecular formula is C14H19N3O. The Morgan fingerprint density at radius 2 is 2.06 bits per heavy atom. The molecule has 0 radical (unpaired) electrons. The van der Waals surface area contributed by atoms with Crippen LogP contribution in [-0.2, 0) is 4.74 Å².